The van der Waals surface area contributed by atoms with Crippen LogP contribution in [-0.2, 0) is 5.41 Å². The van der Waals surface area contributed by atoms with E-state index in [1.807, 2.05) is 6.07 Å². The van der Waals surface area contributed by atoms with Crippen LogP contribution in [0.25, 0.3) is 0 Å². The first-order valence-corrected chi connectivity index (χ1v) is 8.69. The molecule has 0 bridgehead atoms. The lowest BCUT2D eigenvalue weighted by molar-refractivity contribution is 0.0631. The lowest BCUT2D eigenvalue weighted by Gasteiger charge is -2.53. The van der Waals surface area contributed by atoms with Gasteiger partial charge in [-0.15, -0.1) is 0 Å². The fraction of sp³-hybridized carbons (Fsp3) is 0.667. The Morgan fingerprint density at radius 3 is 1.88 bits per heavy atom. The molecule has 1 heterocycles. The topological polar surface area (TPSA) is 27.0 Å². The highest BCUT2D eigenvalue weighted by atomic mass is 19.1. The van der Waals surface area contributed by atoms with Crippen LogP contribution < -0.4 is 4.90 Å². The number of halogens is 1. The van der Waals surface area contributed by atoms with Crippen molar-refractivity contribution in [1.82, 2.24) is 0 Å². The lowest BCUT2D eigenvalue weighted by Crippen LogP contribution is -2.55. The molecular weight excluding hydrogens is 299 g/mol. The van der Waals surface area contributed by atoms with E-state index in [2.05, 4.69) is 73.3 Å². The van der Waals surface area contributed by atoms with Gasteiger partial charge in [0.05, 0.1) is 5.56 Å². The lowest BCUT2D eigenvalue weighted by atomic mass is 9.51. The van der Waals surface area contributed by atoms with Gasteiger partial charge < -0.3 is 4.90 Å². The van der Waals surface area contributed by atoms with Gasteiger partial charge in [-0.25, -0.2) is 4.39 Å². The van der Waals surface area contributed by atoms with Gasteiger partial charge in [-0.2, -0.15) is 5.26 Å². The molecule has 24 heavy (non-hydrogen) atoms. The van der Waals surface area contributed by atoms with E-state index in [0.717, 1.165) is 17.8 Å². The molecule has 0 saturated carbocycles. The third kappa shape index (κ3) is 2.42. The van der Waals surface area contributed by atoms with Gasteiger partial charge in [-0.1, -0.05) is 41.5 Å². The molecule has 132 valence electrons. The molecule has 1 aliphatic rings. The van der Waals surface area contributed by atoms with E-state index in [-0.39, 0.29) is 27.3 Å². The largest absolute Gasteiger partial charge is 0.365 e. The summed E-state index contributed by atoms with van der Waals surface area (Å²) in [5.41, 5.74) is 1.43. The molecule has 0 aromatic heterocycles. The summed E-state index contributed by atoms with van der Waals surface area (Å²) in [5.74, 6) is -0.412. The van der Waals surface area contributed by atoms with Crippen LogP contribution >= 0.6 is 0 Å². The second kappa shape index (κ2) is 5.22. The molecule has 0 aliphatic carbocycles. The fourth-order valence-corrected chi connectivity index (χ4v) is 4.68. The number of anilines is 1. The minimum absolute atomic E-state index is 0.0996. The maximum absolute atomic E-state index is 14.5. The van der Waals surface area contributed by atoms with Crippen molar-refractivity contribution < 1.29 is 4.39 Å². The van der Waals surface area contributed by atoms with Crippen LogP contribution in [0.5, 0.6) is 0 Å². The maximum atomic E-state index is 14.5. The number of fused-ring (bicyclic) bond motifs is 1. The Morgan fingerprint density at radius 2 is 1.50 bits per heavy atom. The average Bonchev–Trinajstić information content (AvgIpc) is 2.73. The summed E-state index contributed by atoms with van der Waals surface area (Å²) in [7, 11) is 0. The number of nitrogens with zero attached hydrogens (tertiary/aromatic N) is 2. The van der Waals surface area contributed by atoms with Gasteiger partial charge in [0.15, 0.2) is 0 Å². The van der Waals surface area contributed by atoms with E-state index in [9.17, 15) is 9.65 Å². The highest BCUT2D eigenvalue weighted by Gasteiger charge is 2.59. The van der Waals surface area contributed by atoms with Gasteiger partial charge in [0.1, 0.15) is 11.9 Å². The average molecular weight is 330 g/mol. The Bertz CT molecular complexity index is 677. The summed E-state index contributed by atoms with van der Waals surface area (Å²) < 4.78 is 14.5. The van der Waals surface area contributed by atoms with Gasteiger partial charge in [0, 0.05) is 28.7 Å². The molecule has 1 aromatic rings. The predicted octanol–water partition coefficient (Wildman–Crippen LogP) is 5.65. The van der Waals surface area contributed by atoms with Crippen LogP contribution in [0.4, 0.5) is 10.1 Å². The van der Waals surface area contributed by atoms with Crippen molar-refractivity contribution in [3.05, 3.63) is 29.1 Å². The van der Waals surface area contributed by atoms with E-state index in [1.54, 1.807) is 0 Å². The van der Waals surface area contributed by atoms with E-state index in [4.69, 9.17) is 0 Å². The SMILES string of the molecule is CC(C)(C)N1CC(C(C)(C)C)(C(C)(C)C)c2c1ccc(F)c2C#N. The summed E-state index contributed by atoms with van der Waals surface area (Å²) in [6.07, 6.45) is 0. The third-order valence-corrected chi connectivity index (χ3v) is 5.73. The normalized spacial score (nSPS) is 17.6. The van der Waals surface area contributed by atoms with Gasteiger partial charge in [0.25, 0.3) is 0 Å². The van der Waals surface area contributed by atoms with Gasteiger partial charge >= 0.3 is 0 Å². The van der Waals surface area contributed by atoms with Crippen molar-refractivity contribution in [3.63, 3.8) is 0 Å². The standard InChI is InChI=1S/C21H31FN2/c1-18(2,3)21(19(4,5)6)13-24(20(7,8)9)16-11-10-15(22)14(12-23)17(16)21/h10-11H,13H2,1-9H3. The minimum atomic E-state index is -0.412. The fourth-order valence-electron chi connectivity index (χ4n) is 4.68. The molecule has 0 radical (unpaired) electrons. The zero-order valence-corrected chi connectivity index (χ0v) is 16.6. The van der Waals surface area contributed by atoms with Gasteiger partial charge in [-0.05, 0) is 43.7 Å². The molecule has 1 aromatic carbocycles. The maximum Gasteiger partial charge on any atom is 0.141 e. The number of hydrogen-bond donors (Lipinski definition) is 0. The molecule has 0 fully saturated rings. The summed E-state index contributed by atoms with van der Waals surface area (Å²) in [4.78, 5) is 2.35. The quantitative estimate of drug-likeness (QED) is 0.615. The highest BCUT2D eigenvalue weighted by Crippen LogP contribution is 2.61. The Balaban J connectivity index is 2.99. The van der Waals surface area contributed by atoms with Crippen LogP contribution in [0, 0.1) is 28.0 Å². The smallest absolute Gasteiger partial charge is 0.141 e. The molecule has 0 spiro atoms. The molecule has 0 saturated heterocycles. The van der Waals surface area contributed by atoms with Crippen molar-refractivity contribution in [2.45, 2.75) is 73.3 Å². The van der Waals surface area contributed by atoms with Gasteiger partial charge in [0.2, 0.25) is 0 Å². The highest BCUT2D eigenvalue weighted by molar-refractivity contribution is 5.70. The molecule has 0 atom stereocenters. The second-order valence-electron chi connectivity index (χ2n) is 10.1. The number of rotatable bonds is 0. The van der Waals surface area contributed by atoms with Crippen molar-refractivity contribution in [3.8, 4) is 6.07 Å². The van der Waals surface area contributed by atoms with Crippen LogP contribution in [0.15, 0.2) is 12.1 Å². The Morgan fingerprint density at radius 1 is 1.00 bits per heavy atom. The molecular formula is C21H31FN2. The monoisotopic (exact) mass is 330 g/mol. The van der Waals surface area contributed by atoms with E-state index >= 15 is 0 Å². The Kier molecular flexibility index (Phi) is 4.08. The number of nitriles is 1. The first-order valence-electron chi connectivity index (χ1n) is 8.69. The summed E-state index contributed by atoms with van der Waals surface area (Å²) >= 11 is 0. The number of hydrogen-bond acceptors (Lipinski definition) is 2. The van der Waals surface area contributed by atoms with Crippen LogP contribution in [0.3, 0.4) is 0 Å². The molecule has 2 rings (SSSR count). The third-order valence-electron chi connectivity index (χ3n) is 5.73. The van der Waals surface area contributed by atoms with Crippen LogP contribution in [-0.4, -0.2) is 12.1 Å². The summed E-state index contributed by atoms with van der Waals surface area (Å²) in [6.45, 7) is 20.6. The van der Waals surface area contributed by atoms with Crippen molar-refractivity contribution in [2.24, 2.45) is 10.8 Å². The number of benzene rings is 1. The van der Waals surface area contributed by atoms with E-state index in [0.29, 0.717) is 0 Å². The Hall–Kier alpha value is -1.56. The first kappa shape index (κ1) is 18.8. The van der Waals surface area contributed by atoms with Crippen LogP contribution in [0.2, 0.25) is 0 Å². The summed E-state index contributed by atoms with van der Waals surface area (Å²) in [5, 5.41) is 9.73. The van der Waals surface area contributed by atoms with E-state index in [1.165, 1.54) is 6.07 Å². The molecule has 2 nitrogen and oxygen atoms in total. The van der Waals surface area contributed by atoms with Crippen molar-refractivity contribution in [2.75, 3.05) is 11.4 Å². The molecule has 3 heteroatoms. The second-order valence-corrected chi connectivity index (χ2v) is 10.1. The summed E-state index contributed by atoms with van der Waals surface area (Å²) in [6, 6.07) is 5.46. The zero-order valence-electron chi connectivity index (χ0n) is 16.6. The minimum Gasteiger partial charge on any atom is -0.365 e. The first-order chi connectivity index (χ1) is 10.7. The molecule has 0 N–H and O–H groups in total. The van der Waals surface area contributed by atoms with Crippen molar-refractivity contribution in [1.29, 1.82) is 5.26 Å². The molecule has 1 aliphatic heterocycles. The molecule has 0 unspecified atom stereocenters. The molecule has 0 amide bonds. The van der Waals surface area contributed by atoms with Crippen LogP contribution in [0.1, 0.15) is 73.4 Å². The predicted molar refractivity (Wildman–Crippen MR) is 98.8 cm³/mol. The van der Waals surface area contributed by atoms with Gasteiger partial charge in [-0.3, -0.25) is 0 Å². The van der Waals surface area contributed by atoms with Crippen molar-refractivity contribution >= 4 is 5.69 Å². The van der Waals surface area contributed by atoms with E-state index < -0.39 is 5.82 Å². The zero-order chi connectivity index (χ0) is 18.7. The Labute approximate surface area is 146 Å².